The van der Waals surface area contributed by atoms with Crippen LogP contribution in [0.25, 0.3) is 0 Å². The fourth-order valence-electron chi connectivity index (χ4n) is 0.744. The van der Waals surface area contributed by atoms with Crippen LogP contribution >= 0.6 is 11.9 Å². The third-order valence-electron chi connectivity index (χ3n) is 1.43. The van der Waals surface area contributed by atoms with Crippen LogP contribution in [0.3, 0.4) is 0 Å². The molecule has 0 aliphatic heterocycles. The van der Waals surface area contributed by atoms with E-state index in [0.717, 1.165) is 13.1 Å². The van der Waals surface area contributed by atoms with E-state index in [1.807, 2.05) is 27.7 Å². The first-order chi connectivity index (χ1) is 5.61. The lowest BCUT2D eigenvalue weighted by Gasteiger charge is -2.19. The Morgan fingerprint density at radius 3 is 2.25 bits per heavy atom. The summed E-state index contributed by atoms with van der Waals surface area (Å²) < 4.78 is 2.79. The Bertz CT molecular complexity index is 135. The van der Waals surface area contributed by atoms with Crippen molar-refractivity contribution in [1.82, 2.24) is 9.62 Å². The molecule has 0 bridgehead atoms. The fraction of sp³-hybridized carbons (Fsp3) is 0.875. The Labute approximate surface area is 79.0 Å². The number of carbonyl (C=O) groups is 1. The van der Waals surface area contributed by atoms with Crippen LogP contribution in [0.1, 0.15) is 27.7 Å². The molecule has 0 aliphatic rings. The number of carbonyl (C=O) groups excluding carboxylic acids is 1. The van der Waals surface area contributed by atoms with Crippen LogP contribution in [0.4, 0.5) is 4.79 Å². The molecule has 1 N–H and O–H groups in total. The Balaban J connectivity index is 3.69. The zero-order valence-corrected chi connectivity index (χ0v) is 9.07. The molecule has 0 aromatic rings. The molecule has 0 unspecified atom stereocenters. The average molecular weight is 190 g/mol. The van der Waals surface area contributed by atoms with E-state index < -0.39 is 0 Å². The van der Waals surface area contributed by atoms with Gasteiger partial charge < -0.3 is 4.90 Å². The molecular formula is C8H18N2OS. The normalized spacial score (nSPS) is 10.1. The van der Waals surface area contributed by atoms with Crippen molar-refractivity contribution in [3.8, 4) is 0 Å². The van der Waals surface area contributed by atoms with Crippen molar-refractivity contribution in [2.45, 2.75) is 32.9 Å². The number of nitrogens with zero attached hydrogens (tertiary/aromatic N) is 1. The molecule has 0 aliphatic carbocycles. The van der Waals surface area contributed by atoms with Gasteiger partial charge in [0.05, 0.1) is 0 Å². The zero-order valence-electron chi connectivity index (χ0n) is 8.26. The highest BCUT2D eigenvalue weighted by Gasteiger charge is 2.08. The van der Waals surface area contributed by atoms with Crippen molar-refractivity contribution >= 4 is 18.0 Å². The molecule has 0 radical (unpaired) electrons. The summed E-state index contributed by atoms with van der Waals surface area (Å²) in [6.07, 6.45) is 0. The molecule has 0 saturated carbocycles. The van der Waals surface area contributed by atoms with Gasteiger partial charge in [0.1, 0.15) is 0 Å². The SMILES string of the molecule is CCN(CC)C(=O)NSC(C)C. The Morgan fingerprint density at radius 2 is 1.92 bits per heavy atom. The van der Waals surface area contributed by atoms with Crippen LogP contribution in [-0.2, 0) is 0 Å². The van der Waals surface area contributed by atoms with Crippen molar-refractivity contribution in [3.05, 3.63) is 0 Å². The Hall–Kier alpha value is -0.380. The third kappa shape index (κ3) is 4.49. The average Bonchev–Trinajstić information content (AvgIpc) is 2.03. The first-order valence-corrected chi connectivity index (χ1v) is 5.20. The molecule has 0 spiro atoms. The van der Waals surface area contributed by atoms with Gasteiger partial charge in [-0.15, -0.1) is 0 Å². The van der Waals surface area contributed by atoms with Crippen LogP contribution in [0, 0.1) is 0 Å². The molecule has 0 aromatic carbocycles. The van der Waals surface area contributed by atoms with E-state index in [4.69, 9.17) is 0 Å². The lowest BCUT2D eigenvalue weighted by Crippen LogP contribution is -2.37. The van der Waals surface area contributed by atoms with Crippen molar-refractivity contribution < 1.29 is 4.79 Å². The van der Waals surface area contributed by atoms with Gasteiger partial charge in [0, 0.05) is 18.3 Å². The summed E-state index contributed by atoms with van der Waals surface area (Å²) in [6.45, 7) is 9.58. The second-order valence-electron chi connectivity index (χ2n) is 2.75. The summed E-state index contributed by atoms with van der Waals surface area (Å²) in [4.78, 5) is 13.1. The van der Waals surface area contributed by atoms with Gasteiger partial charge in [0.2, 0.25) is 0 Å². The largest absolute Gasteiger partial charge is 0.327 e. The van der Waals surface area contributed by atoms with E-state index in [2.05, 4.69) is 4.72 Å². The van der Waals surface area contributed by atoms with Crippen LogP contribution in [0.2, 0.25) is 0 Å². The summed E-state index contributed by atoms with van der Waals surface area (Å²) in [5, 5.41) is 0.435. The molecule has 0 atom stereocenters. The highest BCUT2D eigenvalue weighted by molar-refractivity contribution is 7.98. The van der Waals surface area contributed by atoms with Gasteiger partial charge in [-0.2, -0.15) is 0 Å². The lowest BCUT2D eigenvalue weighted by atomic mass is 10.5. The van der Waals surface area contributed by atoms with E-state index >= 15 is 0 Å². The second kappa shape index (κ2) is 6.17. The van der Waals surface area contributed by atoms with Gasteiger partial charge in [0.25, 0.3) is 0 Å². The molecule has 12 heavy (non-hydrogen) atoms. The van der Waals surface area contributed by atoms with Crippen LogP contribution in [0.5, 0.6) is 0 Å². The molecule has 2 amide bonds. The number of urea groups is 1. The minimum Gasteiger partial charge on any atom is -0.325 e. The number of hydrogen-bond donors (Lipinski definition) is 1. The Kier molecular flexibility index (Phi) is 5.98. The zero-order chi connectivity index (χ0) is 9.56. The summed E-state index contributed by atoms with van der Waals surface area (Å²) >= 11 is 1.46. The molecular weight excluding hydrogens is 172 g/mol. The second-order valence-corrected chi connectivity index (χ2v) is 4.13. The van der Waals surface area contributed by atoms with E-state index in [1.165, 1.54) is 11.9 Å². The maximum atomic E-state index is 11.3. The maximum Gasteiger partial charge on any atom is 0.327 e. The predicted octanol–water partition coefficient (Wildman–Crippen LogP) is 2.09. The van der Waals surface area contributed by atoms with Crippen LogP contribution in [-0.4, -0.2) is 29.3 Å². The van der Waals surface area contributed by atoms with Crippen LogP contribution < -0.4 is 4.72 Å². The molecule has 3 nitrogen and oxygen atoms in total. The van der Waals surface area contributed by atoms with Gasteiger partial charge in [-0.3, -0.25) is 4.72 Å². The first-order valence-electron chi connectivity index (χ1n) is 4.32. The molecule has 72 valence electrons. The minimum absolute atomic E-state index is 0.0127. The lowest BCUT2D eigenvalue weighted by molar-refractivity contribution is 0.210. The monoisotopic (exact) mass is 190 g/mol. The van der Waals surface area contributed by atoms with Crippen molar-refractivity contribution in [1.29, 1.82) is 0 Å². The van der Waals surface area contributed by atoms with Crippen molar-refractivity contribution in [3.63, 3.8) is 0 Å². The smallest absolute Gasteiger partial charge is 0.325 e. The minimum atomic E-state index is 0.0127. The van der Waals surface area contributed by atoms with Gasteiger partial charge in [-0.1, -0.05) is 13.8 Å². The summed E-state index contributed by atoms with van der Waals surface area (Å²) in [6, 6.07) is 0.0127. The standard InChI is InChI=1S/C8H18N2OS/c1-5-10(6-2)8(11)9-12-7(3)4/h7H,5-6H2,1-4H3,(H,9,11). The highest BCUT2D eigenvalue weighted by atomic mass is 32.2. The summed E-state index contributed by atoms with van der Waals surface area (Å²) in [5.41, 5.74) is 0. The molecule has 0 saturated heterocycles. The number of nitrogens with one attached hydrogen (secondary N) is 1. The van der Waals surface area contributed by atoms with E-state index in [9.17, 15) is 4.79 Å². The van der Waals surface area contributed by atoms with Gasteiger partial charge in [-0.25, -0.2) is 4.79 Å². The quantitative estimate of drug-likeness (QED) is 0.688. The van der Waals surface area contributed by atoms with Gasteiger partial charge in [0.15, 0.2) is 0 Å². The number of rotatable bonds is 4. The molecule has 4 heteroatoms. The van der Waals surface area contributed by atoms with E-state index in [1.54, 1.807) is 4.90 Å². The topological polar surface area (TPSA) is 32.3 Å². The highest BCUT2D eigenvalue weighted by Crippen LogP contribution is 2.04. The van der Waals surface area contributed by atoms with Crippen molar-refractivity contribution in [2.24, 2.45) is 0 Å². The maximum absolute atomic E-state index is 11.3. The molecule has 0 rings (SSSR count). The van der Waals surface area contributed by atoms with E-state index in [-0.39, 0.29) is 6.03 Å². The van der Waals surface area contributed by atoms with E-state index in [0.29, 0.717) is 5.25 Å². The van der Waals surface area contributed by atoms with Crippen LogP contribution in [0.15, 0.2) is 0 Å². The van der Waals surface area contributed by atoms with Gasteiger partial charge in [-0.05, 0) is 25.8 Å². The summed E-state index contributed by atoms with van der Waals surface area (Å²) in [7, 11) is 0. The van der Waals surface area contributed by atoms with Gasteiger partial charge >= 0.3 is 6.03 Å². The number of hydrogen-bond acceptors (Lipinski definition) is 2. The fourth-order valence-corrected chi connectivity index (χ4v) is 1.21. The molecule has 0 aromatic heterocycles. The Morgan fingerprint density at radius 1 is 1.42 bits per heavy atom. The van der Waals surface area contributed by atoms with Crippen molar-refractivity contribution in [2.75, 3.05) is 13.1 Å². The first kappa shape index (κ1) is 11.6. The number of amides is 2. The molecule has 0 heterocycles. The third-order valence-corrected chi connectivity index (χ3v) is 2.20. The predicted molar refractivity (Wildman–Crippen MR) is 54.2 cm³/mol. The summed E-state index contributed by atoms with van der Waals surface area (Å²) in [5.74, 6) is 0. The molecule has 0 fully saturated rings.